The molecule has 0 radical (unpaired) electrons. The van der Waals surface area contributed by atoms with Crippen LogP contribution in [0.25, 0.3) is 10.6 Å². The van der Waals surface area contributed by atoms with Crippen LogP contribution >= 0.6 is 22.7 Å². The van der Waals surface area contributed by atoms with Gasteiger partial charge in [0.15, 0.2) is 0 Å². The van der Waals surface area contributed by atoms with Crippen molar-refractivity contribution in [3.8, 4) is 10.6 Å². The standard InChI is InChI=1S/C20H22N4OS2/c25-19(11-18-14-27-20(23-18)15-6-10-26-13-15)22-16-4-8-24(9-5-16)12-17-3-1-2-7-21-17/h1-3,6-7,10,13-14,16H,4-5,8-9,11-12H2,(H,22,25). The van der Waals surface area contributed by atoms with E-state index in [-0.39, 0.29) is 11.9 Å². The molecule has 3 aromatic rings. The van der Waals surface area contributed by atoms with Gasteiger partial charge >= 0.3 is 0 Å². The van der Waals surface area contributed by atoms with E-state index in [4.69, 9.17) is 0 Å². The average Bonchev–Trinajstić information content (AvgIpc) is 3.36. The molecule has 0 atom stereocenters. The molecule has 140 valence electrons. The lowest BCUT2D eigenvalue weighted by molar-refractivity contribution is -0.121. The molecule has 1 aliphatic heterocycles. The summed E-state index contributed by atoms with van der Waals surface area (Å²) in [5.41, 5.74) is 3.09. The van der Waals surface area contributed by atoms with Crippen LogP contribution in [0.15, 0.2) is 46.6 Å². The van der Waals surface area contributed by atoms with Crippen LogP contribution < -0.4 is 5.32 Å². The number of likely N-dealkylation sites (tertiary alicyclic amines) is 1. The summed E-state index contributed by atoms with van der Waals surface area (Å²) in [5, 5.41) is 10.3. The maximum atomic E-state index is 12.4. The third-order valence-corrected chi connectivity index (χ3v) is 6.35. The van der Waals surface area contributed by atoms with Crippen molar-refractivity contribution in [2.75, 3.05) is 13.1 Å². The minimum atomic E-state index is 0.0698. The van der Waals surface area contributed by atoms with E-state index < -0.39 is 0 Å². The van der Waals surface area contributed by atoms with Gasteiger partial charge in [-0.1, -0.05) is 6.07 Å². The van der Waals surface area contributed by atoms with E-state index in [1.165, 1.54) is 0 Å². The number of pyridine rings is 1. The maximum absolute atomic E-state index is 12.4. The molecule has 0 unspecified atom stereocenters. The van der Waals surface area contributed by atoms with Gasteiger partial charge in [-0.2, -0.15) is 11.3 Å². The Bertz CT molecular complexity index is 855. The van der Waals surface area contributed by atoms with Crippen molar-refractivity contribution in [3.05, 3.63) is 58.0 Å². The lowest BCUT2D eigenvalue weighted by atomic mass is 10.0. The van der Waals surface area contributed by atoms with Gasteiger partial charge in [-0.25, -0.2) is 4.98 Å². The molecule has 27 heavy (non-hydrogen) atoms. The number of amides is 1. The van der Waals surface area contributed by atoms with Gasteiger partial charge in [0, 0.05) is 48.2 Å². The second kappa shape index (κ2) is 8.73. The van der Waals surface area contributed by atoms with Crippen LogP contribution in [0.4, 0.5) is 0 Å². The average molecular weight is 399 g/mol. The van der Waals surface area contributed by atoms with Crippen molar-refractivity contribution in [3.63, 3.8) is 0 Å². The number of nitrogens with zero attached hydrogens (tertiary/aromatic N) is 3. The van der Waals surface area contributed by atoms with Gasteiger partial charge in [-0.05, 0) is 36.4 Å². The molecule has 1 aliphatic rings. The zero-order valence-electron chi connectivity index (χ0n) is 15.0. The molecule has 1 amide bonds. The number of aromatic nitrogens is 2. The van der Waals surface area contributed by atoms with E-state index in [0.717, 1.165) is 54.4 Å². The maximum Gasteiger partial charge on any atom is 0.226 e. The van der Waals surface area contributed by atoms with E-state index in [0.29, 0.717) is 6.42 Å². The molecule has 0 spiro atoms. The van der Waals surface area contributed by atoms with Crippen molar-refractivity contribution in [1.82, 2.24) is 20.2 Å². The van der Waals surface area contributed by atoms with E-state index in [9.17, 15) is 4.79 Å². The molecular weight excluding hydrogens is 376 g/mol. The summed E-state index contributed by atoms with van der Waals surface area (Å²) in [5.74, 6) is 0.0698. The van der Waals surface area contributed by atoms with Crippen LogP contribution in [0.2, 0.25) is 0 Å². The number of carbonyl (C=O) groups is 1. The summed E-state index contributed by atoms with van der Waals surface area (Å²) >= 11 is 3.26. The number of hydrogen-bond donors (Lipinski definition) is 1. The number of piperidine rings is 1. The third-order valence-electron chi connectivity index (χ3n) is 4.73. The highest BCUT2D eigenvalue weighted by Gasteiger charge is 2.21. The summed E-state index contributed by atoms with van der Waals surface area (Å²) < 4.78 is 0. The van der Waals surface area contributed by atoms with Crippen molar-refractivity contribution in [2.24, 2.45) is 0 Å². The fourth-order valence-corrected chi connectivity index (χ4v) is 4.84. The summed E-state index contributed by atoms with van der Waals surface area (Å²) in [7, 11) is 0. The molecule has 0 aromatic carbocycles. The number of thiazole rings is 1. The molecular formula is C20H22N4OS2. The first-order valence-electron chi connectivity index (χ1n) is 9.15. The Morgan fingerprint density at radius 3 is 2.81 bits per heavy atom. The summed E-state index contributed by atoms with van der Waals surface area (Å²) in [6.45, 7) is 2.85. The highest BCUT2D eigenvalue weighted by molar-refractivity contribution is 7.14. The predicted octanol–water partition coefficient (Wildman–Crippen LogP) is 3.59. The van der Waals surface area contributed by atoms with Gasteiger partial charge in [0.2, 0.25) is 5.91 Å². The van der Waals surface area contributed by atoms with Gasteiger partial charge < -0.3 is 5.32 Å². The summed E-state index contributed by atoms with van der Waals surface area (Å²) in [4.78, 5) is 23.8. The van der Waals surface area contributed by atoms with Crippen molar-refractivity contribution in [1.29, 1.82) is 0 Å². The van der Waals surface area contributed by atoms with Gasteiger partial charge in [0.05, 0.1) is 17.8 Å². The van der Waals surface area contributed by atoms with Crippen LogP contribution in [0, 0.1) is 0 Å². The molecule has 1 N–H and O–H groups in total. The van der Waals surface area contributed by atoms with Gasteiger partial charge in [-0.15, -0.1) is 11.3 Å². The molecule has 4 heterocycles. The van der Waals surface area contributed by atoms with E-state index in [1.807, 2.05) is 29.1 Å². The zero-order chi connectivity index (χ0) is 18.5. The smallest absolute Gasteiger partial charge is 0.226 e. The fourth-order valence-electron chi connectivity index (χ4n) is 3.31. The normalized spacial score (nSPS) is 15.7. The lowest BCUT2D eigenvalue weighted by Gasteiger charge is -2.32. The number of nitrogens with one attached hydrogen (secondary N) is 1. The lowest BCUT2D eigenvalue weighted by Crippen LogP contribution is -2.44. The molecule has 5 nitrogen and oxygen atoms in total. The zero-order valence-corrected chi connectivity index (χ0v) is 16.6. The molecule has 0 bridgehead atoms. The first-order valence-corrected chi connectivity index (χ1v) is 11.0. The van der Waals surface area contributed by atoms with Crippen LogP contribution in [-0.4, -0.2) is 39.9 Å². The van der Waals surface area contributed by atoms with Crippen molar-refractivity contribution < 1.29 is 4.79 Å². The summed E-state index contributed by atoms with van der Waals surface area (Å²) in [6, 6.07) is 8.35. The molecule has 4 rings (SSSR count). The van der Waals surface area contributed by atoms with E-state index >= 15 is 0 Å². The Morgan fingerprint density at radius 1 is 1.19 bits per heavy atom. The SMILES string of the molecule is O=C(Cc1csc(-c2ccsc2)n1)NC1CCN(Cc2ccccn2)CC1. The van der Waals surface area contributed by atoms with Crippen LogP contribution in [0.5, 0.6) is 0 Å². The second-order valence-corrected chi connectivity index (χ2v) is 8.41. The van der Waals surface area contributed by atoms with Crippen molar-refractivity contribution >= 4 is 28.6 Å². The highest BCUT2D eigenvalue weighted by atomic mass is 32.1. The largest absolute Gasteiger partial charge is 0.353 e. The van der Waals surface area contributed by atoms with Crippen LogP contribution in [0.3, 0.4) is 0 Å². The quantitative estimate of drug-likeness (QED) is 0.689. The first-order chi connectivity index (χ1) is 13.3. The minimum Gasteiger partial charge on any atom is -0.353 e. The third kappa shape index (κ3) is 5.00. The topological polar surface area (TPSA) is 58.1 Å². The summed E-state index contributed by atoms with van der Waals surface area (Å²) in [6.07, 6.45) is 4.16. The van der Waals surface area contributed by atoms with Crippen LogP contribution in [-0.2, 0) is 17.8 Å². The Morgan fingerprint density at radius 2 is 2.07 bits per heavy atom. The Kier molecular flexibility index (Phi) is 5.91. The van der Waals surface area contributed by atoms with Gasteiger partial charge in [0.25, 0.3) is 0 Å². The number of hydrogen-bond acceptors (Lipinski definition) is 6. The first kappa shape index (κ1) is 18.3. The van der Waals surface area contributed by atoms with E-state index in [2.05, 4.69) is 37.7 Å². The molecule has 3 aromatic heterocycles. The number of carbonyl (C=O) groups excluding carboxylic acids is 1. The Balaban J connectivity index is 1.23. The van der Waals surface area contributed by atoms with E-state index in [1.54, 1.807) is 22.7 Å². The predicted molar refractivity (Wildman–Crippen MR) is 110 cm³/mol. The highest BCUT2D eigenvalue weighted by Crippen LogP contribution is 2.25. The Hall–Kier alpha value is -2.09. The number of rotatable bonds is 6. The molecule has 1 fully saturated rings. The van der Waals surface area contributed by atoms with Gasteiger partial charge in [-0.3, -0.25) is 14.7 Å². The molecule has 0 saturated carbocycles. The second-order valence-electron chi connectivity index (χ2n) is 6.77. The number of thiophene rings is 1. The van der Waals surface area contributed by atoms with Crippen molar-refractivity contribution in [2.45, 2.75) is 31.8 Å². The van der Waals surface area contributed by atoms with Gasteiger partial charge in [0.1, 0.15) is 5.01 Å². The molecule has 1 saturated heterocycles. The Labute approximate surface area is 167 Å². The van der Waals surface area contributed by atoms with Crippen LogP contribution in [0.1, 0.15) is 24.2 Å². The minimum absolute atomic E-state index is 0.0698. The molecule has 7 heteroatoms. The fraction of sp³-hybridized carbons (Fsp3) is 0.350. The molecule has 0 aliphatic carbocycles. The monoisotopic (exact) mass is 398 g/mol.